The lowest BCUT2D eigenvalue weighted by atomic mass is 10.1. The highest BCUT2D eigenvalue weighted by Gasteiger charge is 2.34. The zero-order chi connectivity index (χ0) is 15.4. The van der Waals surface area contributed by atoms with Crippen LogP contribution in [0, 0.1) is 19.8 Å². The van der Waals surface area contributed by atoms with Gasteiger partial charge in [0.2, 0.25) is 17.8 Å². The quantitative estimate of drug-likeness (QED) is 0.895. The highest BCUT2D eigenvalue weighted by atomic mass is 16.2. The first-order chi connectivity index (χ1) is 9.99. The van der Waals surface area contributed by atoms with Crippen LogP contribution < -0.4 is 5.32 Å². The molecule has 0 spiro atoms. The van der Waals surface area contributed by atoms with Crippen LogP contribution in [0.5, 0.6) is 0 Å². The van der Waals surface area contributed by atoms with E-state index in [-0.39, 0.29) is 24.2 Å². The van der Waals surface area contributed by atoms with Crippen LogP contribution in [-0.2, 0) is 9.59 Å². The summed E-state index contributed by atoms with van der Waals surface area (Å²) in [5.74, 6) is -0.104. The van der Waals surface area contributed by atoms with Gasteiger partial charge in [0.25, 0.3) is 0 Å². The second-order valence-corrected chi connectivity index (χ2v) is 5.56. The van der Waals surface area contributed by atoms with E-state index in [4.69, 9.17) is 0 Å². The molecule has 0 saturated carbocycles. The number of anilines is 1. The Morgan fingerprint density at radius 3 is 2.67 bits per heavy atom. The standard InChI is InChI=1S/C15H22N4O2/c1-4-5-6-19-9-12(8-13(19)20)14(21)18-15-16-10(2)7-11(3)17-15/h7,12H,4-6,8-9H2,1-3H3,(H,16,17,18,21). The van der Waals surface area contributed by atoms with Gasteiger partial charge < -0.3 is 4.90 Å². The summed E-state index contributed by atoms with van der Waals surface area (Å²) in [6, 6.07) is 1.85. The van der Waals surface area contributed by atoms with Crippen LogP contribution in [0.25, 0.3) is 0 Å². The van der Waals surface area contributed by atoms with Crippen molar-refractivity contribution in [2.24, 2.45) is 5.92 Å². The number of rotatable bonds is 5. The molecule has 2 amide bonds. The minimum absolute atomic E-state index is 0.0601. The van der Waals surface area contributed by atoms with E-state index in [1.807, 2.05) is 19.9 Å². The highest BCUT2D eigenvalue weighted by Crippen LogP contribution is 2.19. The molecule has 1 N–H and O–H groups in total. The van der Waals surface area contributed by atoms with Gasteiger partial charge in [0.05, 0.1) is 5.92 Å². The van der Waals surface area contributed by atoms with Crippen molar-refractivity contribution in [2.45, 2.75) is 40.0 Å². The molecule has 1 saturated heterocycles. The van der Waals surface area contributed by atoms with Crippen LogP contribution >= 0.6 is 0 Å². The SMILES string of the molecule is CCCCN1CC(C(=O)Nc2nc(C)cc(C)n2)CC1=O. The Morgan fingerprint density at radius 1 is 1.38 bits per heavy atom. The lowest BCUT2D eigenvalue weighted by molar-refractivity contribution is -0.128. The Hall–Kier alpha value is -1.98. The van der Waals surface area contributed by atoms with E-state index in [9.17, 15) is 9.59 Å². The lowest BCUT2D eigenvalue weighted by Gasteiger charge is -2.15. The number of likely N-dealkylation sites (tertiary alicyclic amines) is 1. The first-order valence-electron chi connectivity index (χ1n) is 7.40. The van der Waals surface area contributed by atoms with Crippen LogP contribution in [0.3, 0.4) is 0 Å². The average molecular weight is 290 g/mol. The zero-order valence-corrected chi connectivity index (χ0v) is 12.8. The van der Waals surface area contributed by atoms with Crippen molar-refractivity contribution in [3.63, 3.8) is 0 Å². The normalized spacial score (nSPS) is 18.1. The molecule has 6 heteroatoms. The van der Waals surface area contributed by atoms with E-state index in [2.05, 4.69) is 22.2 Å². The van der Waals surface area contributed by atoms with E-state index >= 15 is 0 Å². The van der Waals surface area contributed by atoms with Crippen LogP contribution in [0.1, 0.15) is 37.6 Å². The second-order valence-electron chi connectivity index (χ2n) is 5.56. The molecule has 1 aromatic rings. The van der Waals surface area contributed by atoms with Crippen LogP contribution in [0.2, 0.25) is 0 Å². The minimum atomic E-state index is -0.307. The molecule has 21 heavy (non-hydrogen) atoms. The Bertz CT molecular complexity index is 524. The number of aromatic nitrogens is 2. The number of nitrogens with zero attached hydrogens (tertiary/aromatic N) is 3. The number of carbonyl (C=O) groups excluding carboxylic acids is 2. The van der Waals surface area contributed by atoms with Gasteiger partial charge in [0.15, 0.2) is 0 Å². The van der Waals surface area contributed by atoms with E-state index < -0.39 is 0 Å². The summed E-state index contributed by atoms with van der Waals surface area (Å²) in [6.07, 6.45) is 2.29. The van der Waals surface area contributed by atoms with Gasteiger partial charge in [-0.2, -0.15) is 0 Å². The molecular formula is C15H22N4O2. The number of carbonyl (C=O) groups is 2. The zero-order valence-electron chi connectivity index (χ0n) is 12.8. The maximum atomic E-state index is 12.2. The molecule has 1 unspecified atom stereocenters. The third-order valence-electron chi connectivity index (χ3n) is 3.58. The summed E-state index contributed by atoms with van der Waals surface area (Å²) in [6.45, 7) is 7.03. The number of amides is 2. The van der Waals surface area contributed by atoms with Gasteiger partial charge in [-0.05, 0) is 26.3 Å². The number of aryl methyl sites for hydroxylation is 2. The topological polar surface area (TPSA) is 75.2 Å². The fourth-order valence-electron chi connectivity index (χ4n) is 2.51. The molecule has 0 bridgehead atoms. The number of unbranched alkanes of at least 4 members (excludes halogenated alkanes) is 1. The summed E-state index contributed by atoms with van der Waals surface area (Å²) >= 11 is 0. The molecule has 0 aliphatic carbocycles. The van der Waals surface area contributed by atoms with Crippen molar-refractivity contribution in [3.8, 4) is 0 Å². The minimum Gasteiger partial charge on any atom is -0.342 e. The predicted molar refractivity (Wildman–Crippen MR) is 79.7 cm³/mol. The van der Waals surface area contributed by atoms with Gasteiger partial charge in [-0.3, -0.25) is 14.9 Å². The molecule has 2 rings (SSSR count). The molecule has 1 aliphatic rings. The maximum Gasteiger partial charge on any atom is 0.232 e. The fraction of sp³-hybridized carbons (Fsp3) is 0.600. The molecule has 0 radical (unpaired) electrons. The molecule has 2 heterocycles. The first kappa shape index (κ1) is 15.4. The van der Waals surface area contributed by atoms with Gasteiger partial charge in [0, 0.05) is 30.9 Å². The van der Waals surface area contributed by atoms with Gasteiger partial charge in [0.1, 0.15) is 0 Å². The van der Waals surface area contributed by atoms with Crippen molar-refractivity contribution in [1.82, 2.24) is 14.9 Å². The van der Waals surface area contributed by atoms with E-state index in [1.54, 1.807) is 4.90 Å². The molecule has 1 aliphatic heterocycles. The van der Waals surface area contributed by atoms with Gasteiger partial charge in [-0.1, -0.05) is 13.3 Å². The summed E-state index contributed by atoms with van der Waals surface area (Å²) in [4.78, 5) is 34.3. The third kappa shape index (κ3) is 4.00. The van der Waals surface area contributed by atoms with Crippen molar-refractivity contribution in [3.05, 3.63) is 17.5 Å². The van der Waals surface area contributed by atoms with Crippen LogP contribution in [0.4, 0.5) is 5.95 Å². The maximum absolute atomic E-state index is 12.2. The Labute approximate surface area is 125 Å². The molecule has 0 aromatic carbocycles. The first-order valence-corrected chi connectivity index (χ1v) is 7.40. The molecule has 1 fully saturated rings. The summed E-state index contributed by atoms with van der Waals surface area (Å²) in [5, 5.41) is 2.72. The van der Waals surface area contributed by atoms with E-state index in [0.29, 0.717) is 12.5 Å². The number of hydrogen-bond donors (Lipinski definition) is 1. The van der Waals surface area contributed by atoms with Crippen molar-refractivity contribution in [1.29, 1.82) is 0 Å². The lowest BCUT2D eigenvalue weighted by Crippen LogP contribution is -2.29. The average Bonchev–Trinajstić information content (AvgIpc) is 2.76. The third-order valence-corrected chi connectivity index (χ3v) is 3.58. The molecule has 1 aromatic heterocycles. The molecule has 6 nitrogen and oxygen atoms in total. The second kappa shape index (κ2) is 6.65. The summed E-state index contributed by atoms with van der Waals surface area (Å²) in [5.41, 5.74) is 1.62. The van der Waals surface area contributed by atoms with Crippen LogP contribution in [-0.4, -0.2) is 39.8 Å². The van der Waals surface area contributed by atoms with Gasteiger partial charge >= 0.3 is 0 Å². The van der Waals surface area contributed by atoms with Crippen molar-refractivity contribution >= 4 is 17.8 Å². The fourth-order valence-corrected chi connectivity index (χ4v) is 2.51. The Kier molecular flexibility index (Phi) is 4.88. The van der Waals surface area contributed by atoms with Crippen molar-refractivity contribution in [2.75, 3.05) is 18.4 Å². The highest BCUT2D eigenvalue weighted by molar-refractivity contribution is 5.96. The van der Waals surface area contributed by atoms with E-state index in [1.165, 1.54) is 0 Å². The van der Waals surface area contributed by atoms with E-state index in [0.717, 1.165) is 30.8 Å². The van der Waals surface area contributed by atoms with Gasteiger partial charge in [-0.15, -0.1) is 0 Å². The Morgan fingerprint density at radius 2 is 2.05 bits per heavy atom. The molecule has 114 valence electrons. The molecule has 1 atom stereocenters. The summed E-state index contributed by atoms with van der Waals surface area (Å²) in [7, 11) is 0. The number of nitrogens with one attached hydrogen (secondary N) is 1. The molecular weight excluding hydrogens is 268 g/mol. The summed E-state index contributed by atoms with van der Waals surface area (Å²) < 4.78 is 0. The predicted octanol–water partition coefficient (Wildman–Crippen LogP) is 1.68. The number of hydrogen-bond acceptors (Lipinski definition) is 4. The van der Waals surface area contributed by atoms with Gasteiger partial charge in [-0.25, -0.2) is 9.97 Å². The largest absolute Gasteiger partial charge is 0.342 e. The Balaban J connectivity index is 1.96. The van der Waals surface area contributed by atoms with Crippen LogP contribution in [0.15, 0.2) is 6.07 Å². The monoisotopic (exact) mass is 290 g/mol. The van der Waals surface area contributed by atoms with Crippen molar-refractivity contribution < 1.29 is 9.59 Å². The smallest absolute Gasteiger partial charge is 0.232 e.